The smallest absolute Gasteiger partial charge is 0.208 e. The minimum atomic E-state index is -1.67. The fourth-order valence-electron chi connectivity index (χ4n) is 4.25. The van der Waals surface area contributed by atoms with Gasteiger partial charge in [-0.1, -0.05) is 0 Å². The molecule has 0 radical (unpaired) electrons. The van der Waals surface area contributed by atoms with Crippen LogP contribution >= 0.6 is 0 Å². The second-order valence-corrected chi connectivity index (χ2v) is 7.17. The van der Waals surface area contributed by atoms with Gasteiger partial charge in [0.1, 0.15) is 47.8 Å². The first kappa shape index (κ1) is 17.6. The number of hydrogen-bond donors (Lipinski definition) is 6. The Kier molecular flexibility index (Phi) is 3.93. The average Bonchev–Trinajstić information content (AvgIpc) is 3.21. The topological polar surface area (TPSA) is 162 Å². The molecule has 11 unspecified atom stereocenters. The minimum absolute atomic E-state index is 0.575. The van der Waals surface area contributed by atoms with Crippen molar-refractivity contribution in [2.45, 2.75) is 67.3 Å². The molecule has 10 heteroatoms. The highest BCUT2D eigenvalue weighted by Gasteiger charge is 2.79. The van der Waals surface area contributed by atoms with Crippen LogP contribution in [0.4, 0.5) is 0 Å². The van der Waals surface area contributed by atoms with Crippen molar-refractivity contribution in [3.63, 3.8) is 0 Å². The molecule has 1 aliphatic carbocycles. The summed E-state index contributed by atoms with van der Waals surface area (Å²) >= 11 is 0. The van der Waals surface area contributed by atoms with Crippen molar-refractivity contribution in [1.82, 2.24) is 0 Å². The lowest BCUT2D eigenvalue weighted by Crippen LogP contribution is -2.62. The molecule has 0 bridgehead atoms. The molecule has 3 aliphatic heterocycles. The lowest BCUT2D eigenvalue weighted by atomic mass is 9.82. The van der Waals surface area contributed by atoms with Gasteiger partial charge in [-0.15, -0.1) is 0 Å². The predicted molar refractivity (Wildman–Crippen MR) is 76.6 cm³/mol. The van der Waals surface area contributed by atoms with E-state index >= 15 is 0 Å². The van der Waals surface area contributed by atoms with E-state index in [9.17, 15) is 30.6 Å². The molecule has 2 saturated heterocycles. The Morgan fingerprint density at radius 3 is 2.56 bits per heavy atom. The Morgan fingerprint density at radius 1 is 1.16 bits per heavy atom. The van der Waals surface area contributed by atoms with Gasteiger partial charge >= 0.3 is 0 Å². The van der Waals surface area contributed by atoms with Crippen molar-refractivity contribution < 1.29 is 49.6 Å². The normalized spacial score (nSPS) is 59.9. The van der Waals surface area contributed by atoms with Crippen LogP contribution in [-0.2, 0) is 18.9 Å². The molecule has 4 aliphatic rings. The Hall–Kier alpha value is -0.820. The van der Waals surface area contributed by atoms with Crippen molar-refractivity contribution in [3.05, 3.63) is 12.3 Å². The SMILES string of the molecule is CC12OC1C(O)C1(O)C=COC(OC3C(CO)OC(O)C(O)C3O)C12. The average molecular weight is 362 g/mol. The third-order valence-corrected chi connectivity index (χ3v) is 5.72. The summed E-state index contributed by atoms with van der Waals surface area (Å²) in [6.07, 6.45) is -7.57. The van der Waals surface area contributed by atoms with Gasteiger partial charge in [0.15, 0.2) is 6.29 Å². The van der Waals surface area contributed by atoms with E-state index in [0.717, 1.165) is 0 Å². The summed E-state index contributed by atoms with van der Waals surface area (Å²) in [4.78, 5) is 0. The molecule has 25 heavy (non-hydrogen) atoms. The quantitative estimate of drug-likeness (QED) is 0.278. The monoisotopic (exact) mass is 362 g/mol. The number of fused-ring (bicyclic) bond motifs is 3. The van der Waals surface area contributed by atoms with E-state index in [1.54, 1.807) is 6.92 Å². The second kappa shape index (κ2) is 5.59. The van der Waals surface area contributed by atoms with Gasteiger partial charge in [-0.05, 0) is 13.0 Å². The molecule has 0 aromatic heterocycles. The van der Waals surface area contributed by atoms with E-state index in [-0.39, 0.29) is 0 Å². The zero-order valence-electron chi connectivity index (χ0n) is 13.4. The van der Waals surface area contributed by atoms with Gasteiger partial charge in [0.2, 0.25) is 6.29 Å². The van der Waals surface area contributed by atoms with E-state index in [4.69, 9.17) is 18.9 Å². The summed E-state index contributed by atoms with van der Waals surface area (Å²) in [7, 11) is 0. The zero-order chi connectivity index (χ0) is 18.1. The van der Waals surface area contributed by atoms with Gasteiger partial charge in [0.05, 0.1) is 18.8 Å². The minimum Gasteiger partial charge on any atom is -0.472 e. The fourth-order valence-corrected chi connectivity index (χ4v) is 4.25. The highest BCUT2D eigenvalue weighted by atomic mass is 16.7. The molecule has 11 atom stereocenters. The highest BCUT2D eigenvalue weighted by Crippen LogP contribution is 2.61. The Balaban J connectivity index is 1.59. The number of hydrogen-bond acceptors (Lipinski definition) is 10. The molecule has 1 saturated carbocycles. The molecule has 0 amide bonds. The zero-order valence-corrected chi connectivity index (χ0v) is 13.4. The molecule has 0 aromatic rings. The first-order valence-corrected chi connectivity index (χ1v) is 8.11. The maximum absolute atomic E-state index is 10.8. The Morgan fingerprint density at radius 2 is 1.88 bits per heavy atom. The molecule has 4 rings (SSSR count). The van der Waals surface area contributed by atoms with Crippen molar-refractivity contribution in [1.29, 1.82) is 0 Å². The molecule has 142 valence electrons. The molecule has 6 N–H and O–H groups in total. The van der Waals surface area contributed by atoms with Crippen molar-refractivity contribution in [2.75, 3.05) is 6.61 Å². The van der Waals surface area contributed by atoms with Gasteiger partial charge in [-0.3, -0.25) is 0 Å². The van der Waals surface area contributed by atoms with Crippen LogP contribution in [0.25, 0.3) is 0 Å². The number of epoxide rings is 1. The van der Waals surface area contributed by atoms with Crippen LogP contribution in [0.2, 0.25) is 0 Å². The molecule has 0 aromatic carbocycles. The molecule has 10 nitrogen and oxygen atoms in total. The van der Waals surface area contributed by atoms with Crippen LogP contribution in [0.15, 0.2) is 12.3 Å². The van der Waals surface area contributed by atoms with Gasteiger partial charge in [0.25, 0.3) is 0 Å². The molecule has 3 fully saturated rings. The van der Waals surface area contributed by atoms with E-state index in [0.29, 0.717) is 0 Å². The van der Waals surface area contributed by atoms with Crippen LogP contribution in [0, 0.1) is 5.92 Å². The van der Waals surface area contributed by atoms with Crippen molar-refractivity contribution in [2.24, 2.45) is 5.92 Å². The first-order valence-electron chi connectivity index (χ1n) is 8.11. The number of aliphatic hydroxyl groups is 6. The largest absolute Gasteiger partial charge is 0.472 e. The van der Waals surface area contributed by atoms with E-state index in [2.05, 4.69) is 0 Å². The molecule has 3 heterocycles. The van der Waals surface area contributed by atoms with Crippen LogP contribution in [0.3, 0.4) is 0 Å². The van der Waals surface area contributed by atoms with Gasteiger partial charge < -0.3 is 49.6 Å². The Labute approximate surface area is 142 Å². The summed E-state index contributed by atoms with van der Waals surface area (Å²) in [5.74, 6) is -0.805. The van der Waals surface area contributed by atoms with Crippen LogP contribution in [-0.4, -0.2) is 97.7 Å². The third kappa shape index (κ3) is 2.30. The van der Waals surface area contributed by atoms with Crippen LogP contribution in [0.5, 0.6) is 0 Å². The van der Waals surface area contributed by atoms with Gasteiger partial charge in [-0.2, -0.15) is 0 Å². The highest BCUT2D eigenvalue weighted by molar-refractivity contribution is 5.31. The maximum atomic E-state index is 10.8. The lowest BCUT2D eigenvalue weighted by molar-refractivity contribution is -0.328. The molecular weight excluding hydrogens is 340 g/mol. The third-order valence-electron chi connectivity index (χ3n) is 5.72. The number of rotatable bonds is 3. The van der Waals surface area contributed by atoms with Crippen molar-refractivity contribution in [3.8, 4) is 0 Å². The van der Waals surface area contributed by atoms with Gasteiger partial charge in [0, 0.05) is 0 Å². The number of ether oxygens (including phenoxy) is 4. The van der Waals surface area contributed by atoms with Crippen LogP contribution < -0.4 is 0 Å². The second-order valence-electron chi connectivity index (χ2n) is 7.17. The van der Waals surface area contributed by atoms with E-state index < -0.39 is 72.9 Å². The predicted octanol–water partition coefficient (Wildman–Crippen LogP) is -3.45. The van der Waals surface area contributed by atoms with Gasteiger partial charge in [-0.25, -0.2) is 0 Å². The van der Waals surface area contributed by atoms with E-state index in [1.807, 2.05) is 0 Å². The van der Waals surface area contributed by atoms with Crippen LogP contribution in [0.1, 0.15) is 6.92 Å². The summed E-state index contributed by atoms with van der Waals surface area (Å²) < 4.78 is 21.7. The summed E-state index contributed by atoms with van der Waals surface area (Å²) in [6, 6.07) is 0. The first-order chi connectivity index (χ1) is 11.7. The fraction of sp³-hybridized carbons (Fsp3) is 0.867. The van der Waals surface area contributed by atoms with E-state index in [1.165, 1.54) is 12.3 Å². The summed E-state index contributed by atoms with van der Waals surface area (Å²) in [5.41, 5.74) is -2.51. The molecule has 0 spiro atoms. The van der Waals surface area contributed by atoms with Crippen molar-refractivity contribution >= 4 is 0 Å². The standard InChI is InChI=1S/C15H22O10/c1-14-9-13(22-3-2-15(9,21)10(19)11(14)25-14)24-8-5(4-16)23-12(20)7(18)6(8)17/h2-3,5-13,16-21H,4H2,1H3. The molecular formula is C15H22O10. The summed E-state index contributed by atoms with van der Waals surface area (Å²) in [5, 5.41) is 60.1. The summed E-state index contributed by atoms with van der Waals surface area (Å²) in [6.45, 7) is 1.13. The number of aliphatic hydroxyl groups excluding tert-OH is 5. The lowest BCUT2D eigenvalue weighted by Gasteiger charge is -2.45. The Bertz CT molecular complexity index is 569. The maximum Gasteiger partial charge on any atom is 0.208 e.